The third kappa shape index (κ3) is 3.73. The molecule has 7 heteroatoms. The van der Waals surface area contributed by atoms with E-state index in [1.54, 1.807) is 12.5 Å². The molecule has 148 valence electrons. The van der Waals surface area contributed by atoms with E-state index in [1.165, 1.54) is 0 Å². The van der Waals surface area contributed by atoms with Gasteiger partial charge in [0.15, 0.2) is 0 Å². The number of imidazole rings is 1. The monoisotopic (exact) mass is 408 g/mol. The Hall–Kier alpha value is -2.83. The maximum Gasteiger partial charge on any atom is 0.137 e. The lowest BCUT2D eigenvalue weighted by atomic mass is 9.93. The molecule has 1 saturated carbocycles. The first-order valence-corrected chi connectivity index (χ1v) is 10.2. The van der Waals surface area contributed by atoms with Gasteiger partial charge in [0.1, 0.15) is 10.8 Å². The molecule has 0 amide bonds. The molecule has 5 rings (SSSR count). The minimum absolute atomic E-state index is 0.214. The molecule has 2 atom stereocenters. The number of furan rings is 1. The summed E-state index contributed by atoms with van der Waals surface area (Å²) in [5, 5.41) is 13.9. The van der Waals surface area contributed by atoms with Crippen molar-refractivity contribution in [1.29, 1.82) is 0 Å². The maximum atomic E-state index is 9.94. The second-order valence-corrected chi connectivity index (χ2v) is 7.91. The molecule has 1 aliphatic rings. The summed E-state index contributed by atoms with van der Waals surface area (Å²) in [5.41, 5.74) is 5.35. The summed E-state index contributed by atoms with van der Waals surface area (Å²) in [4.78, 5) is 8.94. The molecule has 0 spiro atoms. The second kappa shape index (κ2) is 7.54. The highest BCUT2D eigenvalue weighted by molar-refractivity contribution is 6.29. The molecule has 4 aromatic heterocycles. The van der Waals surface area contributed by atoms with E-state index in [2.05, 4.69) is 15.3 Å². The fourth-order valence-corrected chi connectivity index (χ4v) is 4.22. The molecule has 0 bridgehead atoms. The molecular weight excluding hydrogens is 388 g/mol. The lowest BCUT2D eigenvalue weighted by Crippen LogP contribution is -2.29. The lowest BCUT2D eigenvalue weighted by molar-refractivity contribution is 0.124. The number of nitrogens with zero attached hydrogens (tertiary/aromatic N) is 3. The normalized spacial score (nSPS) is 19.5. The van der Waals surface area contributed by atoms with Gasteiger partial charge in [0.2, 0.25) is 0 Å². The van der Waals surface area contributed by atoms with Gasteiger partial charge in [-0.25, -0.2) is 9.97 Å². The van der Waals surface area contributed by atoms with Crippen LogP contribution in [0.1, 0.15) is 25.7 Å². The van der Waals surface area contributed by atoms with Crippen LogP contribution in [-0.4, -0.2) is 31.6 Å². The maximum absolute atomic E-state index is 9.94. The topological polar surface area (TPSA) is 75.6 Å². The molecule has 0 aliphatic heterocycles. The zero-order chi connectivity index (χ0) is 19.8. The lowest BCUT2D eigenvalue weighted by Gasteiger charge is -2.27. The van der Waals surface area contributed by atoms with Gasteiger partial charge in [0.25, 0.3) is 0 Å². The Morgan fingerprint density at radius 1 is 1.17 bits per heavy atom. The van der Waals surface area contributed by atoms with Crippen molar-refractivity contribution in [2.45, 2.75) is 37.8 Å². The van der Waals surface area contributed by atoms with Crippen LogP contribution in [-0.2, 0) is 0 Å². The third-order valence-electron chi connectivity index (χ3n) is 5.43. The van der Waals surface area contributed by atoms with E-state index in [0.29, 0.717) is 5.15 Å². The summed E-state index contributed by atoms with van der Waals surface area (Å²) in [7, 11) is 0. The first-order chi connectivity index (χ1) is 14.2. The van der Waals surface area contributed by atoms with Crippen molar-refractivity contribution in [3.63, 3.8) is 0 Å². The van der Waals surface area contributed by atoms with Gasteiger partial charge in [-0.15, -0.1) is 0 Å². The van der Waals surface area contributed by atoms with Crippen molar-refractivity contribution in [3.05, 3.63) is 60.4 Å². The van der Waals surface area contributed by atoms with Crippen LogP contribution in [0, 0.1) is 0 Å². The molecule has 1 aliphatic carbocycles. The number of fused-ring (bicyclic) bond motifs is 1. The first kappa shape index (κ1) is 18.2. The smallest absolute Gasteiger partial charge is 0.137 e. The van der Waals surface area contributed by atoms with E-state index in [-0.39, 0.29) is 12.1 Å². The average molecular weight is 409 g/mol. The van der Waals surface area contributed by atoms with Gasteiger partial charge in [-0.3, -0.25) is 4.40 Å². The zero-order valence-corrected chi connectivity index (χ0v) is 16.5. The molecule has 0 radical (unpaired) electrons. The zero-order valence-electron chi connectivity index (χ0n) is 15.8. The Bertz CT molecular complexity index is 1140. The van der Waals surface area contributed by atoms with E-state index in [4.69, 9.17) is 16.0 Å². The molecule has 2 unspecified atom stereocenters. The number of rotatable bonds is 4. The second-order valence-electron chi connectivity index (χ2n) is 7.53. The first-order valence-electron chi connectivity index (χ1n) is 9.78. The third-order valence-corrected chi connectivity index (χ3v) is 5.62. The number of anilines is 1. The van der Waals surface area contributed by atoms with Crippen molar-refractivity contribution < 1.29 is 9.52 Å². The molecule has 0 saturated heterocycles. The van der Waals surface area contributed by atoms with E-state index in [1.807, 2.05) is 47.1 Å². The number of hydrogen-bond donors (Lipinski definition) is 2. The van der Waals surface area contributed by atoms with Crippen molar-refractivity contribution >= 4 is 22.9 Å². The van der Waals surface area contributed by atoms with E-state index < -0.39 is 0 Å². The number of halogens is 1. The quantitative estimate of drug-likeness (QED) is 0.463. The van der Waals surface area contributed by atoms with Crippen LogP contribution in [0.3, 0.4) is 0 Å². The SMILES string of the molecule is OC1CCCC(Nc2ccc3ncc(-c4cc(Cl)nc(-c5ccoc5)c4)n3c2)C1. The molecule has 4 heterocycles. The molecule has 29 heavy (non-hydrogen) atoms. The van der Waals surface area contributed by atoms with Crippen molar-refractivity contribution in [2.24, 2.45) is 0 Å². The summed E-state index contributed by atoms with van der Waals surface area (Å²) in [5.74, 6) is 0. The predicted molar refractivity (Wildman–Crippen MR) is 113 cm³/mol. The Kier molecular flexibility index (Phi) is 4.73. The summed E-state index contributed by atoms with van der Waals surface area (Å²) in [6.45, 7) is 0. The number of pyridine rings is 2. The number of aliphatic hydroxyl groups excluding tert-OH is 1. The Morgan fingerprint density at radius 2 is 2.10 bits per heavy atom. The Labute approximate surface area is 173 Å². The fourth-order valence-electron chi connectivity index (χ4n) is 4.01. The molecule has 4 aromatic rings. The summed E-state index contributed by atoms with van der Waals surface area (Å²) in [6, 6.07) is 9.99. The van der Waals surface area contributed by atoms with Crippen LogP contribution in [0.2, 0.25) is 5.15 Å². The molecule has 0 aromatic carbocycles. The van der Waals surface area contributed by atoms with Gasteiger partial charge in [0.05, 0.1) is 41.9 Å². The van der Waals surface area contributed by atoms with Crippen LogP contribution in [0.15, 0.2) is 59.7 Å². The minimum atomic E-state index is -0.214. The average Bonchev–Trinajstić information content (AvgIpc) is 3.37. The highest BCUT2D eigenvalue weighted by Gasteiger charge is 2.20. The van der Waals surface area contributed by atoms with Gasteiger partial charge in [0, 0.05) is 23.4 Å². The van der Waals surface area contributed by atoms with Gasteiger partial charge in [-0.05, 0) is 56.0 Å². The van der Waals surface area contributed by atoms with Crippen LogP contribution in [0.25, 0.3) is 28.2 Å². The largest absolute Gasteiger partial charge is 0.472 e. The van der Waals surface area contributed by atoms with Crippen LogP contribution < -0.4 is 5.32 Å². The predicted octanol–water partition coefficient (Wildman–Crippen LogP) is 5.03. The molecular formula is C22H21ClN4O2. The number of hydrogen-bond acceptors (Lipinski definition) is 5. The van der Waals surface area contributed by atoms with Crippen LogP contribution in [0.5, 0.6) is 0 Å². The Balaban J connectivity index is 1.51. The van der Waals surface area contributed by atoms with Crippen molar-refractivity contribution in [1.82, 2.24) is 14.4 Å². The number of aliphatic hydroxyl groups is 1. The van der Waals surface area contributed by atoms with Gasteiger partial charge >= 0.3 is 0 Å². The van der Waals surface area contributed by atoms with Gasteiger partial charge in [-0.2, -0.15) is 0 Å². The highest BCUT2D eigenvalue weighted by Crippen LogP contribution is 2.30. The van der Waals surface area contributed by atoms with Gasteiger partial charge in [-0.1, -0.05) is 11.6 Å². The number of nitrogens with one attached hydrogen (secondary N) is 1. The highest BCUT2D eigenvalue weighted by atomic mass is 35.5. The van der Waals surface area contributed by atoms with Gasteiger partial charge < -0.3 is 14.8 Å². The molecule has 1 fully saturated rings. The fraction of sp³-hybridized carbons (Fsp3) is 0.273. The minimum Gasteiger partial charge on any atom is -0.472 e. The number of aromatic nitrogens is 3. The van der Waals surface area contributed by atoms with E-state index in [0.717, 1.165) is 59.5 Å². The van der Waals surface area contributed by atoms with E-state index in [9.17, 15) is 5.11 Å². The van der Waals surface area contributed by atoms with Crippen molar-refractivity contribution in [3.8, 4) is 22.5 Å². The van der Waals surface area contributed by atoms with E-state index >= 15 is 0 Å². The summed E-state index contributed by atoms with van der Waals surface area (Å²) >= 11 is 6.30. The van der Waals surface area contributed by atoms with Crippen molar-refractivity contribution in [2.75, 3.05) is 5.32 Å². The standard InChI is InChI=1S/C22H21ClN4O2/c23-21-9-15(8-19(26-21)14-6-7-29-13-14)20-11-24-22-5-4-17(12-27(20)22)25-16-2-1-3-18(28)10-16/h4-9,11-13,16,18,25,28H,1-3,10H2. The Morgan fingerprint density at radius 3 is 2.93 bits per heavy atom. The van der Waals surface area contributed by atoms with Crippen LogP contribution >= 0.6 is 11.6 Å². The summed E-state index contributed by atoms with van der Waals surface area (Å²) in [6.07, 6.45) is 10.7. The summed E-state index contributed by atoms with van der Waals surface area (Å²) < 4.78 is 7.23. The molecule has 2 N–H and O–H groups in total. The molecule has 6 nitrogen and oxygen atoms in total. The van der Waals surface area contributed by atoms with Crippen LogP contribution in [0.4, 0.5) is 5.69 Å².